The highest BCUT2D eigenvalue weighted by atomic mass is 31.2. The first-order valence-electron chi connectivity index (χ1n) is 6.61. The molecule has 20 heavy (non-hydrogen) atoms. The van der Waals surface area contributed by atoms with Crippen molar-refractivity contribution in [3.8, 4) is 0 Å². The van der Waals surface area contributed by atoms with Gasteiger partial charge in [-0.3, -0.25) is 9.05 Å². The van der Waals surface area contributed by atoms with Crippen LogP contribution in [0.2, 0.25) is 0 Å². The number of rotatable bonds is 6. The van der Waals surface area contributed by atoms with E-state index in [9.17, 15) is 4.57 Å². The van der Waals surface area contributed by atoms with E-state index < -0.39 is 7.75 Å². The van der Waals surface area contributed by atoms with Gasteiger partial charge in [-0.2, -0.15) is 4.76 Å². The minimum Gasteiger partial charge on any atom is -0.291 e. The lowest BCUT2D eigenvalue weighted by Crippen LogP contribution is -1.94. The third-order valence-electron chi connectivity index (χ3n) is 2.75. The van der Waals surface area contributed by atoms with Crippen LogP contribution in [0, 0.1) is 0 Å². The van der Waals surface area contributed by atoms with E-state index >= 15 is 0 Å². The third-order valence-corrected chi connectivity index (χ3v) is 4.31. The smallest absolute Gasteiger partial charge is 0.291 e. The van der Waals surface area contributed by atoms with Crippen LogP contribution >= 0.6 is 7.75 Å². The van der Waals surface area contributed by atoms with Crippen molar-refractivity contribution in [1.82, 2.24) is 0 Å². The van der Waals surface area contributed by atoms with Crippen LogP contribution in [0.1, 0.15) is 19.4 Å². The lowest BCUT2D eigenvalue weighted by atomic mass is 10.1. The molecule has 0 N–H and O–H groups in total. The fourth-order valence-corrected chi connectivity index (χ4v) is 3.05. The highest BCUT2D eigenvalue weighted by Crippen LogP contribution is 2.49. The molecule has 0 aliphatic carbocycles. The Bertz CT molecular complexity index is 639. The largest absolute Gasteiger partial charge is 0.453 e. The standard InChI is InChI=1S/C15H18NO3P/c1-3-18-20(17,19-4-2)16-12-14-10-7-9-13-8-5-6-11-15(13)14/h5-12H,3-4H2,1-2H3/b16-12+. The first kappa shape index (κ1) is 14.9. The lowest BCUT2D eigenvalue weighted by Gasteiger charge is -2.11. The molecule has 0 saturated heterocycles. The summed E-state index contributed by atoms with van der Waals surface area (Å²) in [6, 6.07) is 13.9. The first-order valence-corrected chi connectivity index (χ1v) is 8.10. The SMILES string of the molecule is CCOP(=O)(/N=C/c1cccc2ccccc12)OCC. The molecule has 0 spiro atoms. The molecule has 0 fully saturated rings. The third kappa shape index (κ3) is 3.54. The van der Waals surface area contributed by atoms with Gasteiger partial charge in [-0.15, -0.1) is 0 Å². The minimum atomic E-state index is -3.39. The maximum Gasteiger partial charge on any atom is 0.453 e. The minimum absolute atomic E-state index is 0.296. The van der Waals surface area contributed by atoms with Crippen molar-refractivity contribution in [1.29, 1.82) is 0 Å². The van der Waals surface area contributed by atoms with Crippen LogP contribution in [0.25, 0.3) is 10.8 Å². The Morgan fingerprint density at radius 3 is 2.40 bits per heavy atom. The summed E-state index contributed by atoms with van der Waals surface area (Å²) in [4.78, 5) is 0. The van der Waals surface area contributed by atoms with Gasteiger partial charge >= 0.3 is 7.75 Å². The summed E-state index contributed by atoms with van der Waals surface area (Å²) in [5, 5.41) is 2.16. The molecule has 106 valence electrons. The summed E-state index contributed by atoms with van der Waals surface area (Å²) in [5.74, 6) is 0. The summed E-state index contributed by atoms with van der Waals surface area (Å²) in [5.41, 5.74) is 0.891. The Morgan fingerprint density at radius 2 is 1.70 bits per heavy atom. The van der Waals surface area contributed by atoms with E-state index in [1.54, 1.807) is 20.1 Å². The molecular formula is C15H18NO3P. The van der Waals surface area contributed by atoms with Crippen LogP contribution in [0.4, 0.5) is 0 Å². The number of benzene rings is 2. The number of fused-ring (bicyclic) bond motifs is 1. The monoisotopic (exact) mass is 291 g/mol. The van der Waals surface area contributed by atoms with Crippen LogP contribution in [0.15, 0.2) is 47.2 Å². The molecule has 0 amide bonds. The maximum absolute atomic E-state index is 12.3. The van der Waals surface area contributed by atoms with Crippen molar-refractivity contribution in [2.24, 2.45) is 4.76 Å². The van der Waals surface area contributed by atoms with Crippen molar-refractivity contribution in [2.45, 2.75) is 13.8 Å². The van der Waals surface area contributed by atoms with Crippen LogP contribution in [0.5, 0.6) is 0 Å². The first-order chi connectivity index (χ1) is 9.68. The molecule has 0 aliphatic rings. The molecular weight excluding hydrogens is 273 g/mol. The molecule has 4 nitrogen and oxygen atoms in total. The van der Waals surface area contributed by atoms with E-state index in [0.717, 1.165) is 16.3 Å². The highest BCUT2D eigenvalue weighted by Gasteiger charge is 2.21. The van der Waals surface area contributed by atoms with Crippen LogP contribution in [0.3, 0.4) is 0 Å². The van der Waals surface area contributed by atoms with Gasteiger partial charge < -0.3 is 0 Å². The van der Waals surface area contributed by atoms with Crippen LogP contribution < -0.4 is 0 Å². The van der Waals surface area contributed by atoms with Crippen molar-refractivity contribution in [2.75, 3.05) is 13.2 Å². The van der Waals surface area contributed by atoms with E-state index in [2.05, 4.69) is 4.76 Å². The van der Waals surface area contributed by atoms with Gasteiger partial charge in [-0.1, -0.05) is 42.5 Å². The van der Waals surface area contributed by atoms with Gasteiger partial charge in [0.15, 0.2) is 0 Å². The fourth-order valence-electron chi connectivity index (χ4n) is 1.93. The maximum atomic E-state index is 12.3. The topological polar surface area (TPSA) is 47.9 Å². The van der Waals surface area contributed by atoms with Crippen molar-refractivity contribution in [3.63, 3.8) is 0 Å². The van der Waals surface area contributed by atoms with Gasteiger partial charge in [0.25, 0.3) is 0 Å². The molecule has 0 saturated carbocycles. The van der Waals surface area contributed by atoms with E-state index in [0.29, 0.717) is 13.2 Å². The second-order valence-corrected chi connectivity index (χ2v) is 5.80. The van der Waals surface area contributed by atoms with Crippen molar-refractivity contribution >= 4 is 24.7 Å². The summed E-state index contributed by atoms with van der Waals surface area (Å²) >= 11 is 0. The van der Waals surface area contributed by atoms with Gasteiger partial charge in [0, 0.05) is 11.8 Å². The zero-order valence-corrected chi connectivity index (χ0v) is 12.5. The molecule has 0 aromatic heterocycles. The molecule has 5 heteroatoms. The van der Waals surface area contributed by atoms with Crippen LogP contribution in [-0.2, 0) is 13.6 Å². The molecule has 2 rings (SSSR count). The molecule has 0 aliphatic heterocycles. The molecule has 2 aromatic carbocycles. The summed E-state index contributed by atoms with van der Waals surface area (Å²) in [6.45, 7) is 4.12. The molecule has 0 atom stereocenters. The zero-order valence-electron chi connectivity index (χ0n) is 11.7. The Kier molecular flexibility index (Phi) is 5.07. The van der Waals surface area contributed by atoms with Crippen molar-refractivity contribution < 1.29 is 13.6 Å². The van der Waals surface area contributed by atoms with Gasteiger partial charge in [-0.25, -0.2) is 4.57 Å². The Hall–Kier alpha value is -1.48. The Labute approximate surface area is 119 Å². The predicted molar refractivity (Wildman–Crippen MR) is 82.4 cm³/mol. The van der Waals surface area contributed by atoms with Gasteiger partial charge in [0.05, 0.1) is 13.2 Å². The van der Waals surface area contributed by atoms with Crippen molar-refractivity contribution in [3.05, 3.63) is 48.0 Å². The zero-order chi connectivity index (χ0) is 14.4. The summed E-state index contributed by atoms with van der Waals surface area (Å²) < 4.78 is 26.6. The van der Waals surface area contributed by atoms with Gasteiger partial charge in [0.2, 0.25) is 0 Å². The number of hydrogen-bond acceptors (Lipinski definition) is 3. The second kappa shape index (κ2) is 6.80. The average Bonchev–Trinajstić information content (AvgIpc) is 2.46. The summed E-state index contributed by atoms with van der Waals surface area (Å²) in [7, 11) is -3.39. The predicted octanol–water partition coefficient (Wildman–Crippen LogP) is 4.44. The highest BCUT2D eigenvalue weighted by molar-refractivity contribution is 7.52. The summed E-state index contributed by atoms with van der Waals surface area (Å²) in [6.07, 6.45) is 1.56. The van der Waals surface area contributed by atoms with E-state index in [1.807, 2.05) is 42.5 Å². The van der Waals surface area contributed by atoms with Gasteiger partial charge in [-0.05, 0) is 24.6 Å². The average molecular weight is 291 g/mol. The lowest BCUT2D eigenvalue weighted by molar-refractivity contribution is 0.221. The second-order valence-electron chi connectivity index (χ2n) is 4.12. The van der Waals surface area contributed by atoms with Gasteiger partial charge in [0.1, 0.15) is 0 Å². The molecule has 0 heterocycles. The van der Waals surface area contributed by atoms with E-state index in [1.165, 1.54) is 0 Å². The fraction of sp³-hybridized carbons (Fsp3) is 0.267. The quantitative estimate of drug-likeness (QED) is 0.584. The number of nitrogens with zero attached hydrogens (tertiary/aromatic N) is 1. The molecule has 0 unspecified atom stereocenters. The van der Waals surface area contributed by atoms with Crippen LogP contribution in [-0.4, -0.2) is 19.4 Å². The molecule has 0 radical (unpaired) electrons. The molecule has 2 aromatic rings. The van der Waals surface area contributed by atoms with E-state index in [-0.39, 0.29) is 0 Å². The Morgan fingerprint density at radius 1 is 1.05 bits per heavy atom. The normalized spacial score (nSPS) is 12.3. The Balaban J connectivity index is 2.35. The molecule has 0 bridgehead atoms. The number of hydrogen-bond donors (Lipinski definition) is 0. The van der Waals surface area contributed by atoms with E-state index in [4.69, 9.17) is 9.05 Å².